The van der Waals surface area contributed by atoms with Gasteiger partial charge in [0.1, 0.15) is 18.1 Å². The van der Waals surface area contributed by atoms with Gasteiger partial charge in [0.2, 0.25) is 11.8 Å². The molecule has 1 aromatic heterocycles. The Labute approximate surface area is 199 Å². The molecule has 8 heteroatoms. The summed E-state index contributed by atoms with van der Waals surface area (Å²) in [4.78, 5) is 30.9. The molecule has 1 fully saturated rings. The molecule has 33 heavy (non-hydrogen) atoms. The first-order chi connectivity index (χ1) is 16.1. The minimum atomic E-state index is -0.194. The molecule has 4 rings (SSSR count). The molecule has 2 atom stereocenters. The normalized spacial score (nSPS) is 19.8. The summed E-state index contributed by atoms with van der Waals surface area (Å²) >= 11 is 1.72. The molecule has 0 radical (unpaired) electrons. The van der Waals surface area contributed by atoms with Gasteiger partial charge in [-0.05, 0) is 48.4 Å². The number of rotatable bonds is 9. The van der Waals surface area contributed by atoms with Crippen molar-refractivity contribution >= 4 is 23.2 Å². The lowest BCUT2D eigenvalue weighted by molar-refractivity contribution is -0.143. The second-order valence-corrected chi connectivity index (χ2v) is 9.41. The van der Waals surface area contributed by atoms with Crippen molar-refractivity contribution in [1.29, 1.82) is 0 Å². The van der Waals surface area contributed by atoms with Gasteiger partial charge in [0.05, 0.1) is 25.8 Å². The maximum absolute atomic E-state index is 13.5. The van der Waals surface area contributed by atoms with Gasteiger partial charge in [-0.1, -0.05) is 13.0 Å². The van der Waals surface area contributed by atoms with Crippen LogP contribution in [0.1, 0.15) is 42.7 Å². The predicted molar refractivity (Wildman–Crippen MR) is 127 cm³/mol. The predicted octanol–water partition coefficient (Wildman–Crippen LogP) is 3.68. The third kappa shape index (κ3) is 5.68. The van der Waals surface area contributed by atoms with Crippen LogP contribution in [0.15, 0.2) is 35.7 Å². The number of ether oxygens (including phenoxy) is 3. The van der Waals surface area contributed by atoms with Gasteiger partial charge in [-0.3, -0.25) is 9.59 Å². The summed E-state index contributed by atoms with van der Waals surface area (Å²) in [6, 6.07) is 9.36. The van der Waals surface area contributed by atoms with E-state index in [2.05, 4.69) is 11.4 Å². The van der Waals surface area contributed by atoms with Crippen LogP contribution in [0.4, 0.5) is 0 Å². The molecule has 178 valence electrons. The van der Waals surface area contributed by atoms with Gasteiger partial charge in [-0.25, -0.2) is 0 Å². The fraction of sp³-hybridized carbons (Fsp3) is 0.520. The highest BCUT2D eigenvalue weighted by atomic mass is 32.1. The number of carbonyl (C=O) groups excluding carboxylic acids is 2. The second-order valence-electron chi connectivity index (χ2n) is 8.40. The molecule has 0 spiro atoms. The van der Waals surface area contributed by atoms with Crippen LogP contribution in [0.2, 0.25) is 0 Å². The van der Waals surface area contributed by atoms with Gasteiger partial charge in [-0.2, -0.15) is 0 Å². The van der Waals surface area contributed by atoms with E-state index in [1.54, 1.807) is 23.3 Å². The highest BCUT2D eigenvalue weighted by Gasteiger charge is 2.34. The van der Waals surface area contributed by atoms with Gasteiger partial charge in [-0.15, -0.1) is 11.3 Å². The minimum absolute atomic E-state index is 0.0173. The minimum Gasteiger partial charge on any atom is -0.497 e. The Kier molecular flexibility index (Phi) is 7.88. The van der Waals surface area contributed by atoms with E-state index in [1.165, 1.54) is 4.88 Å². The standard InChI is InChI=1S/C25H32N2O5S/c1-3-24(28)26(15-20-8-5-12-31-20)16-25(29)27-11-9-23-21(10-13-33-23)22(27)17-32-19-7-4-6-18(14-19)30-2/h4,6-7,10,13-14,20,22H,3,5,8-9,11-12,15-17H2,1-2H3/t20-,22-/m0/s1. The van der Waals surface area contributed by atoms with E-state index < -0.39 is 0 Å². The van der Waals surface area contributed by atoms with Crippen molar-refractivity contribution in [2.45, 2.75) is 44.8 Å². The van der Waals surface area contributed by atoms with E-state index in [0.29, 0.717) is 31.9 Å². The Balaban J connectivity index is 1.48. The van der Waals surface area contributed by atoms with Crippen LogP contribution in [0.5, 0.6) is 11.5 Å². The number of hydrogen-bond donors (Lipinski definition) is 0. The first kappa shape index (κ1) is 23.6. The molecule has 1 saturated heterocycles. The highest BCUT2D eigenvalue weighted by molar-refractivity contribution is 7.10. The van der Waals surface area contributed by atoms with E-state index in [0.717, 1.165) is 37.2 Å². The van der Waals surface area contributed by atoms with Crippen molar-refractivity contribution in [3.63, 3.8) is 0 Å². The van der Waals surface area contributed by atoms with Crippen LogP contribution < -0.4 is 9.47 Å². The van der Waals surface area contributed by atoms with Crippen LogP contribution in [0.3, 0.4) is 0 Å². The lowest BCUT2D eigenvalue weighted by atomic mass is 10.0. The van der Waals surface area contributed by atoms with Crippen LogP contribution >= 0.6 is 11.3 Å². The third-order valence-corrected chi connectivity index (χ3v) is 7.29. The van der Waals surface area contributed by atoms with Crippen LogP contribution in [0, 0.1) is 0 Å². The van der Waals surface area contributed by atoms with Crippen LogP contribution in [-0.2, 0) is 20.7 Å². The van der Waals surface area contributed by atoms with Crippen molar-refractivity contribution in [2.24, 2.45) is 0 Å². The molecule has 1 aromatic carbocycles. The van der Waals surface area contributed by atoms with Gasteiger partial charge in [0.25, 0.3) is 0 Å². The maximum Gasteiger partial charge on any atom is 0.242 e. The summed E-state index contributed by atoms with van der Waals surface area (Å²) in [7, 11) is 1.62. The molecule has 2 amide bonds. The van der Waals surface area contributed by atoms with Crippen LogP contribution in [0.25, 0.3) is 0 Å². The molecular weight excluding hydrogens is 440 g/mol. The third-order valence-electron chi connectivity index (χ3n) is 6.29. The average Bonchev–Trinajstić information content (AvgIpc) is 3.53. The largest absolute Gasteiger partial charge is 0.497 e. The number of methoxy groups -OCH3 is 1. The Morgan fingerprint density at radius 3 is 2.88 bits per heavy atom. The molecule has 3 heterocycles. The zero-order valence-corrected chi connectivity index (χ0v) is 20.1. The van der Waals surface area contributed by atoms with Crippen molar-refractivity contribution in [3.05, 3.63) is 46.2 Å². The lowest BCUT2D eigenvalue weighted by Gasteiger charge is -2.37. The monoisotopic (exact) mass is 472 g/mol. The molecule has 0 aliphatic carbocycles. The van der Waals surface area contributed by atoms with E-state index in [-0.39, 0.29) is 30.5 Å². The first-order valence-corrected chi connectivity index (χ1v) is 12.5. The fourth-order valence-electron chi connectivity index (χ4n) is 4.51. The molecule has 7 nitrogen and oxygen atoms in total. The van der Waals surface area contributed by atoms with Gasteiger partial charge >= 0.3 is 0 Å². The summed E-state index contributed by atoms with van der Waals surface area (Å²) in [6.07, 6.45) is 3.15. The maximum atomic E-state index is 13.5. The van der Waals surface area contributed by atoms with Crippen molar-refractivity contribution < 1.29 is 23.8 Å². The first-order valence-electron chi connectivity index (χ1n) is 11.6. The molecular formula is C25H32N2O5S. The zero-order chi connectivity index (χ0) is 23.2. The molecule has 0 unspecified atom stereocenters. The molecule has 2 aliphatic heterocycles. The van der Waals surface area contributed by atoms with E-state index in [9.17, 15) is 9.59 Å². The topological polar surface area (TPSA) is 68.3 Å². The summed E-state index contributed by atoms with van der Waals surface area (Å²) < 4.78 is 17.1. The van der Waals surface area contributed by atoms with E-state index in [4.69, 9.17) is 14.2 Å². The SMILES string of the molecule is CCC(=O)N(CC(=O)N1CCc2sccc2[C@@H]1COc1cccc(OC)c1)C[C@@H]1CCCO1. The van der Waals surface area contributed by atoms with Crippen molar-refractivity contribution in [1.82, 2.24) is 9.80 Å². The Morgan fingerprint density at radius 2 is 2.12 bits per heavy atom. The molecule has 2 aromatic rings. The van der Waals surface area contributed by atoms with Crippen molar-refractivity contribution in [2.75, 3.05) is 40.0 Å². The lowest BCUT2D eigenvalue weighted by Crippen LogP contribution is -2.49. The van der Waals surface area contributed by atoms with Crippen molar-refractivity contribution in [3.8, 4) is 11.5 Å². The summed E-state index contributed by atoms with van der Waals surface area (Å²) in [5.74, 6) is 1.36. The molecule has 2 aliphatic rings. The van der Waals surface area contributed by atoms with Gasteiger partial charge in [0, 0.05) is 37.1 Å². The number of fused-ring (bicyclic) bond motifs is 1. The summed E-state index contributed by atoms with van der Waals surface area (Å²) in [6.45, 7) is 4.06. The number of thiophene rings is 1. The molecule has 0 N–H and O–H groups in total. The smallest absolute Gasteiger partial charge is 0.242 e. The highest BCUT2D eigenvalue weighted by Crippen LogP contribution is 2.34. The van der Waals surface area contributed by atoms with Gasteiger partial charge in [0.15, 0.2) is 0 Å². The van der Waals surface area contributed by atoms with E-state index >= 15 is 0 Å². The number of carbonyl (C=O) groups is 2. The number of nitrogens with zero attached hydrogens (tertiary/aromatic N) is 2. The Morgan fingerprint density at radius 1 is 1.27 bits per heavy atom. The zero-order valence-electron chi connectivity index (χ0n) is 19.3. The summed E-state index contributed by atoms with van der Waals surface area (Å²) in [5, 5.41) is 2.07. The molecule has 0 bridgehead atoms. The number of benzene rings is 1. The van der Waals surface area contributed by atoms with E-state index in [1.807, 2.05) is 36.1 Å². The Bertz CT molecular complexity index is 956. The average molecular weight is 473 g/mol. The van der Waals surface area contributed by atoms with Gasteiger partial charge < -0.3 is 24.0 Å². The number of hydrogen-bond acceptors (Lipinski definition) is 6. The second kappa shape index (κ2) is 11.0. The fourth-order valence-corrected chi connectivity index (χ4v) is 5.44. The number of amides is 2. The Hall–Kier alpha value is -2.58. The summed E-state index contributed by atoms with van der Waals surface area (Å²) in [5.41, 5.74) is 1.13. The van der Waals surface area contributed by atoms with Crippen LogP contribution in [-0.4, -0.2) is 67.7 Å². The molecule has 0 saturated carbocycles. The quantitative estimate of drug-likeness (QED) is 0.557.